The Labute approximate surface area is 122 Å². The van der Waals surface area contributed by atoms with Crippen molar-refractivity contribution >= 4 is 17.7 Å². The van der Waals surface area contributed by atoms with E-state index in [0.29, 0.717) is 24.0 Å². The molecule has 20 heavy (non-hydrogen) atoms. The van der Waals surface area contributed by atoms with Crippen LogP contribution < -0.4 is 5.73 Å². The maximum atomic E-state index is 12.1. The molecule has 2 aliphatic rings. The first kappa shape index (κ1) is 13.9. The summed E-state index contributed by atoms with van der Waals surface area (Å²) in [5, 5.41) is 4.04. The van der Waals surface area contributed by atoms with Gasteiger partial charge < -0.3 is 15.2 Å². The van der Waals surface area contributed by atoms with Crippen molar-refractivity contribution in [1.29, 1.82) is 0 Å². The van der Waals surface area contributed by atoms with Gasteiger partial charge >= 0.3 is 0 Å². The van der Waals surface area contributed by atoms with Gasteiger partial charge in [-0.15, -0.1) is 11.8 Å². The number of aromatic nitrogens is 2. The first-order chi connectivity index (χ1) is 9.64. The smallest absolute Gasteiger partial charge is 0.250 e. The SMILES string of the molecule is CCCC(=O)N1CSCC1c1nc(C2(N)CCC2)no1. The lowest BCUT2D eigenvalue weighted by molar-refractivity contribution is -0.132. The van der Waals surface area contributed by atoms with Crippen LogP contribution >= 0.6 is 11.8 Å². The van der Waals surface area contributed by atoms with E-state index in [2.05, 4.69) is 10.1 Å². The number of hydrogen-bond acceptors (Lipinski definition) is 6. The number of hydrogen-bond donors (Lipinski definition) is 1. The number of carbonyl (C=O) groups is 1. The van der Waals surface area contributed by atoms with Crippen LogP contribution in [0.15, 0.2) is 4.52 Å². The molecule has 3 rings (SSSR count). The van der Waals surface area contributed by atoms with Crippen LogP contribution in [0.5, 0.6) is 0 Å². The second-order valence-corrected chi connectivity index (χ2v) is 6.59. The largest absolute Gasteiger partial charge is 0.337 e. The van der Waals surface area contributed by atoms with E-state index < -0.39 is 5.54 Å². The third-order valence-corrected chi connectivity index (χ3v) is 5.10. The van der Waals surface area contributed by atoms with Gasteiger partial charge in [0.1, 0.15) is 6.04 Å². The summed E-state index contributed by atoms with van der Waals surface area (Å²) < 4.78 is 5.38. The van der Waals surface area contributed by atoms with Gasteiger partial charge in [0.15, 0.2) is 5.82 Å². The van der Waals surface area contributed by atoms with Crippen molar-refractivity contribution in [3.8, 4) is 0 Å². The molecule has 2 heterocycles. The van der Waals surface area contributed by atoms with E-state index in [4.69, 9.17) is 10.3 Å². The summed E-state index contributed by atoms with van der Waals surface area (Å²) in [7, 11) is 0. The van der Waals surface area contributed by atoms with Crippen LogP contribution in [-0.4, -0.2) is 32.6 Å². The van der Waals surface area contributed by atoms with E-state index in [1.807, 2.05) is 11.8 Å². The Balaban J connectivity index is 1.76. The monoisotopic (exact) mass is 296 g/mol. The van der Waals surface area contributed by atoms with Crippen molar-refractivity contribution in [2.45, 2.75) is 50.6 Å². The zero-order chi connectivity index (χ0) is 14.2. The normalized spacial score (nSPS) is 24.7. The molecule has 1 saturated carbocycles. The van der Waals surface area contributed by atoms with Gasteiger partial charge in [0, 0.05) is 12.2 Å². The first-order valence-electron chi connectivity index (χ1n) is 7.14. The van der Waals surface area contributed by atoms with Crippen LogP contribution in [0.2, 0.25) is 0 Å². The molecule has 0 radical (unpaired) electrons. The lowest BCUT2D eigenvalue weighted by atomic mass is 9.77. The Hall–Kier alpha value is -1.08. The highest BCUT2D eigenvalue weighted by molar-refractivity contribution is 7.99. The molecular weight excluding hydrogens is 276 g/mol. The van der Waals surface area contributed by atoms with E-state index in [9.17, 15) is 4.79 Å². The molecule has 1 atom stereocenters. The summed E-state index contributed by atoms with van der Waals surface area (Å²) in [6.07, 6.45) is 4.35. The zero-order valence-corrected chi connectivity index (χ0v) is 12.5. The minimum atomic E-state index is -0.411. The molecule has 2 N–H and O–H groups in total. The Morgan fingerprint density at radius 3 is 3.05 bits per heavy atom. The molecule has 0 bridgehead atoms. The van der Waals surface area contributed by atoms with Crippen molar-refractivity contribution in [2.24, 2.45) is 5.73 Å². The van der Waals surface area contributed by atoms with E-state index in [1.54, 1.807) is 11.8 Å². The summed E-state index contributed by atoms with van der Waals surface area (Å²) in [5.41, 5.74) is 5.80. The van der Waals surface area contributed by atoms with E-state index in [0.717, 1.165) is 31.4 Å². The molecule has 0 aromatic carbocycles. The van der Waals surface area contributed by atoms with Gasteiger partial charge in [-0.25, -0.2) is 0 Å². The zero-order valence-electron chi connectivity index (χ0n) is 11.7. The number of nitrogens with zero attached hydrogens (tertiary/aromatic N) is 3. The Kier molecular flexibility index (Phi) is 3.72. The molecule has 6 nitrogen and oxygen atoms in total. The van der Waals surface area contributed by atoms with Gasteiger partial charge in [0.2, 0.25) is 11.8 Å². The third-order valence-electron chi connectivity index (χ3n) is 4.08. The molecule has 2 fully saturated rings. The van der Waals surface area contributed by atoms with Gasteiger partial charge in [-0.2, -0.15) is 4.98 Å². The minimum Gasteiger partial charge on any atom is -0.337 e. The van der Waals surface area contributed by atoms with E-state index in [-0.39, 0.29) is 11.9 Å². The molecule has 0 spiro atoms. The van der Waals surface area contributed by atoms with Crippen LogP contribution in [0.4, 0.5) is 0 Å². The molecule has 1 aliphatic heterocycles. The highest BCUT2D eigenvalue weighted by atomic mass is 32.2. The molecule has 1 aromatic heterocycles. The standard InChI is InChI=1S/C13H20N4O2S/c1-2-4-10(18)17-8-20-7-9(17)11-15-12(16-19-11)13(14)5-3-6-13/h9H,2-8,14H2,1H3. The van der Waals surface area contributed by atoms with Crippen LogP contribution in [0.3, 0.4) is 0 Å². The second-order valence-electron chi connectivity index (χ2n) is 5.60. The summed E-state index contributed by atoms with van der Waals surface area (Å²) >= 11 is 1.72. The maximum absolute atomic E-state index is 12.1. The van der Waals surface area contributed by atoms with Crippen LogP contribution in [-0.2, 0) is 10.3 Å². The van der Waals surface area contributed by atoms with Crippen molar-refractivity contribution in [3.63, 3.8) is 0 Å². The lowest BCUT2D eigenvalue weighted by Crippen LogP contribution is -2.44. The molecule has 1 unspecified atom stereocenters. The second kappa shape index (κ2) is 5.37. The van der Waals surface area contributed by atoms with Gasteiger partial charge in [-0.3, -0.25) is 4.79 Å². The summed E-state index contributed by atoms with van der Waals surface area (Å²) in [5.74, 6) is 2.81. The summed E-state index contributed by atoms with van der Waals surface area (Å²) in [6, 6.07) is -0.0935. The third kappa shape index (κ3) is 2.33. The fourth-order valence-corrected chi connectivity index (χ4v) is 3.78. The molecular formula is C13H20N4O2S. The highest BCUT2D eigenvalue weighted by Gasteiger charge is 2.41. The van der Waals surface area contributed by atoms with Crippen molar-refractivity contribution in [3.05, 3.63) is 11.7 Å². The number of nitrogens with two attached hydrogens (primary N) is 1. The van der Waals surface area contributed by atoms with Gasteiger partial charge in [-0.1, -0.05) is 12.1 Å². The van der Waals surface area contributed by atoms with Gasteiger partial charge in [0.05, 0.1) is 11.4 Å². The van der Waals surface area contributed by atoms with Crippen molar-refractivity contribution in [1.82, 2.24) is 15.0 Å². The van der Waals surface area contributed by atoms with Crippen LogP contribution in [0.1, 0.15) is 56.8 Å². The predicted octanol–water partition coefficient (Wildman–Crippen LogP) is 1.78. The minimum absolute atomic E-state index is 0.0935. The fraction of sp³-hybridized carbons (Fsp3) is 0.769. The predicted molar refractivity (Wildman–Crippen MR) is 75.8 cm³/mol. The maximum Gasteiger partial charge on any atom is 0.250 e. The van der Waals surface area contributed by atoms with Crippen molar-refractivity contribution in [2.75, 3.05) is 11.6 Å². The van der Waals surface area contributed by atoms with Gasteiger partial charge in [0.25, 0.3) is 0 Å². The number of thioether (sulfide) groups is 1. The molecule has 1 aliphatic carbocycles. The Morgan fingerprint density at radius 1 is 1.60 bits per heavy atom. The number of rotatable bonds is 4. The van der Waals surface area contributed by atoms with E-state index in [1.165, 1.54) is 0 Å². The molecule has 1 aromatic rings. The summed E-state index contributed by atoms with van der Waals surface area (Å²) in [4.78, 5) is 18.4. The number of carbonyl (C=O) groups excluding carboxylic acids is 1. The van der Waals surface area contributed by atoms with Crippen LogP contribution in [0.25, 0.3) is 0 Å². The summed E-state index contributed by atoms with van der Waals surface area (Å²) in [6.45, 7) is 2.01. The Bertz CT molecular complexity index is 500. The molecule has 7 heteroatoms. The quantitative estimate of drug-likeness (QED) is 0.911. The van der Waals surface area contributed by atoms with Crippen molar-refractivity contribution < 1.29 is 9.32 Å². The average Bonchev–Trinajstić information content (AvgIpc) is 3.04. The first-order valence-corrected chi connectivity index (χ1v) is 8.30. The van der Waals surface area contributed by atoms with Crippen LogP contribution in [0, 0.1) is 0 Å². The van der Waals surface area contributed by atoms with Gasteiger partial charge in [-0.05, 0) is 25.7 Å². The number of amides is 1. The highest BCUT2D eigenvalue weighted by Crippen LogP contribution is 2.39. The Morgan fingerprint density at radius 2 is 2.40 bits per heavy atom. The molecule has 110 valence electrons. The lowest BCUT2D eigenvalue weighted by Gasteiger charge is -2.34. The molecule has 1 amide bonds. The fourth-order valence-electron chi connectivity index (χ4n) is 2.60. The average molecular weight is 296 g/mol. The van der Waals surface area contributed by atoms with E-state index >= 15 is 0 Å². The topological polar surface area (TPSA) is 85.2 Å². The molecule has 1 saturated heterocycles.